The van der Waals surface area contributed by atoms with Crippen molar-refractivity contribution in [1.82, 2.24) is 4.98 Å². The SMILES string of the molecule is Brc1ccc(-c2cc(C3CCCCC3)ccn2)cc1. The van der Waals surface area contributed by atoms with Gasteiger partial charge in [-0.25, -0.2) is 0 Å². The summed E-state index contributed by atoms with van der Waals surface area (Å²) in [6.45, 7) is 0. The Morgan fingerprint density at radius 1 is 0.947 bits per heavy atom. The lowest BCUT2D eigenvalue weighted by molar-refractivity contribution is 0.443. The van der Waals surface area contributed by atoms with Crippen LogP contribution in [0.1, 0.15) is 43.6 Å². The van der Waals surface area contributed by atoms with Gasteiger partial charge in [-0.3, -0.25) is 4.98 Å². The van der Waals surface area contributed by atoms with E-state index in [0.29, 0.717) is 0 Å². The van der Waals surface area contributed by atoms with Gasteiger partial charge in [-0.1, -0.05) is 47.3 Å². The number of hydrogen-bond acceptors (Lipinski definition) is 1. The Bertz CT molecular complexity index is 541. The molecule has 0 N–H and O–H groups in total. The number of benzene rings is 1. The van der Waals surface area contributed by atoms with Crippen LogP contribution in [0.5, 0.6) is 0 Å². The van der Waals surface area contributed by atoms with E-state index >= 15 is 0 Å². The molecular formula is C17H18BrN. The number of rotatable bonds is 2. The molecule has 0 unspecified atom stereocenters. The number of nitrogens with zero attached hydrogens (tertiary/aromatic N) is 1. The molecule has 19 heavy (non-hydrogen) atoms. The second-order valence-corrected chi connectivity index (χ2v) is 6.23. The van der Waals surface area contributed by atoms with Crippen molar-refractivity contribution in [3.63, 3.8) is 0 Å². The number of aromatic nitrogens is 1. The molecule has 0 saturated heterocycles. The predicted octanol–water partition coefficient (Wildman–Crippen LogP) is 5.56. The van der Waals surface area contributed by atoms with E-state index in [2.05, 4.69) is 57.3 Å². The molecule has 0 amide bonds. The van der Waals surface area contributed by atoms with Crippen molar-refractivity contribution >= 4 is 15.9 Å². The Morgan fingerprint density at radius 3 is 2.42 bits per heavy atom. The highest BCUT2D eigenvalue weighted by Crippen LogP contribution is 2.33. The molecule has 2 aromatic rings. The van der Waals surface area contributed by atoms with Crippen LogP contribution in [0, 0.1) is 0 Å². The van der Waals surface area contributed by atoms with Crippen LogP contribution in [-0.2, 0) is 0 Å². The van der Waals surface area contributed by atoms with Gasteiger partial charge in [0.05, 0.1) is 5.69 Å². The van der Waals surface area contributed by atoms with E-state index in [1.807, 2.05) is 6.20 Å². The fraction of sp³-hybridized carbons (Fsp3) is 0.353. The summed E-state index contributed by atoms with van der Waals surface area (Å²) in [6.07, 6.45) is 8.79. The molecule has 0 bridgehead atoms. The van der Waals surface area contributed by atoms with Crippen molar-refractivity contribution in [2.24, 2.45) is 0 Å². The maximum atomic E-state index is 4.52. The maximum Gasteiger partial charge on any atom is 0.0704 e. The van der Waals surface area contributed by atoms with Gasteiger partial charge in [-0.05, 0) is 48.6 Å². The van der Waals surface area contributed by atoms with Crippen molar-refractivity contribution in [2.75, 3.05) is 0 Å². The quantitative estimate of drug-likeness (QED) is 0.707. The minimum absolute atomic E-state index is 0.742. The van der Waals surface area contributed by atoms with Crippen LogP contribution in [0.3, 0.4) is 0 Å². The first-order chi connectivity index (χ1) is 9.33. The van der Waals surface area contributed by atoms with E-state index in [1.54, 1.807) is 0 Å². The lowest BCUT2D eigenvalue weighted by atomic mass is 9.84. The van der Waals surface area contributed by atoms with Crippen LogP contribution >= 0.6 is 15.9 Å². The van der Waals surface area contributed by atoms with Crippen molar-refractivity contribution in [3.8, 4) is 11.3 Å². The Morgan fingerprint density at radius 2 is 1.68 bits per heavy atom. The van der Waals surface area contributed by atoms with Crippen molar-refractivity contribution in [2.45, 2.75) is 38.0 Å². The normalized spacial score (nSPS) is 16.5. The van der Waals surface area contributed by atoms with Crippen molar-refractivity contribution in [1.29, 1.82) is 0 Å². The molecule has 0 atom stereocenters. The summed E-state index contributed by atoms with van der Waals surface area (Å²) in [4.78, 5) is 4.52. The average molecular weight is 316 g/mol. The second kappa shape index (κ2) is 5.87. The van der Waals surface area contributed by atoms with Crippen LogP contribution in [-0.4, -0.2) is 4.98 Å². The molecule has 1 aliphatic rings. The van der Waals surface area contributed by atoms with Gasteiger partial charge in [0.15, 0.2) is 0 Å². The number of hydrogen-bond donors (Lipinski definition) is 0. The van der Waals surface area contributed by atoms with Crippen molar-refractivity contribution in [3.05, 3.63) is 52.6 Å². The highest BCUT2D eigenvalue weighted by Gasteiger charge is 2.16. The Kier molecular flexibility index (Phi) is 3.97. The van der Waals surface area contributed by atoms with E-state index in [0.717, 1.165) is 16.1 Å². The summed E-state index contributed by atoms with van der Waals surface area (Å²) in [6, 6.07) is 12.9. The molecule has 1 saturated carbocycles. The molecule has 1 fully saturated rings. The average Bonchev–Trinajstić information content (AvgIpc) is 2.49. The number of halogens is 1. The van der Waals surface area contributed by atoms with Crippen LogP contribution in [0.2, 0.25) is 0 Å². The van der Waals surface area contributed by atoms with Gasteiger partial charge < -0.3 is 0 Å². The first-order valence-corrected chi connectivity index (χ1v) is 7.84. The first kappa shape index (κ1) is 12.9. The molecule has 1 heterocycles. The van der Waals surface area contributed by atoms with Gasteiger partial charge in [0.1, 0.15) is 0 Å². The van der Waals surface area contributed by atoms with Gasteiger partial charge in [0, 0.05) is 16.2 Å². The van der Waals surface area contributed by atoms with Crippen molar-refractivity contribution < 1.29 is 0 Å². The minimum Gasteiger partial charge on any atom is -0.256 e. The molecule has 0 radical (unpaired) electrons. The molecule has 1 aromatic carbocycles. The van der Waals surface area contributed by atoms with E-state index in [1.165, 1.54) is 43.2 Å². The van der Waals surface area contributed by atoms with Gasteiger partial charge in [0.25, 0.3) is 0 Å². The zero-order valence-electron chi connectivity index (χ0n) is 11.0. The maximum absolute atomic E-state index is 4.52. The Balaban J connectivity index is 1.88. The third-order valence-electron chi connectivity index (χ3n) is 4.00. The summed E-state index contributed by atoms with van der Waals surface area (Å²) in [5.74, 6) is 0.742. The zero-order chi connectivity index (χ0) is 13.1. The van der Waals surface area contributed by atoms with E-state index in [-0.39, 0.29) is 0 Å². The van der Waals surface area contributed by atoms with Gasteiger partial charge in [-0.15, -0.1) is 0 Å². The van der Waals surface area contributed by atoms with Crippen LogP contribution in [0.25, 0.3) is 11.3 Å². The second-order valence-electron chi connectivity index (χ2n) is 5.32. The monoisotopic (exact) mass is 315 g/mol. The van der Waals surface area contributed by atoms with E-state index in [9.17, 15) is 0 Å². The highest BCUT2D eigenvalue weighted by atomic mass is 79.9. The third-order valence-corrected chi connectivity index (χ3v) is 4.53. The summed E-state index contributed by atoms with van der Waals surface area (Å²) < 4.78 is 1.11. The highest BCUT2D eigenvalue weighted by molar-refractivity contribution is 9.10. The summed E-state index contributed by atoms with van der Waals surface area (Å²) in [7, 11) is 0. The van der Waals surface area contributed by atoms with E-state index in [4.69, 9.17) is 0 Å². The first-order valence-electron chi connectivity index (χ1n) is 7.05. The van der Waals surface area contributed by atoms with Crippen LogP contribution in [0.15, 0.2) is 47.1 Å². The standard InChI is InChI=1S/C17H18BrN/c18-16-8-6-14(7-9-16)17-12-15(10-11-19-17)13-4-2-1-3-5-13/h6-13H,1-5H2. The van der Waals surface area contributed by atoms with Gasteiger partial charge in [-0.2, -0.15) is 0 Å². The van der Waals surface area contributed by atoms with E-state index < -0.39 is 0 Å². The smallest absolute Gasteiger partial charge is 0.0704 e. The van der Waals surface area contributed by atoms with Crippen LogP contribution < -0.4 is 0 Å². The molecule has 98 valence electrons. The van der Waals surface area contributed by atoms with Crippen LogP contribution in [0.4, 0.5) is 0 Å². The largest absolute Gasteiger partial charge is 0.256 e. The Hall–Kier alpha value is -1.15. The summed E-state index contributed by atoms with van der Waals surface area (Å²) in [5, 5.41) is 0. The number of pyridine rings is 1. The molecule has 0 spiro atoms. The molecule has 3 rings (SSSR count). The zero-order valence-corrected chi connectivity index (χ0v) is 12.6. The topological polar surface area (TPSA) is 12.9 Å². The molecule has 2 heteroatoms. The van der Waals surface area contributed by atoms with Gasteiger partial charge >= 0.3 is 0 Å². The summed E-state index contributed by atoms with van der Waals surface area (Å²) in [5.41, 5.74) is 3.75. The molecule has 0 aliphatic heterocycles. The lowest BCUT2D eigenvalue weighted by Crippen LogP contribution is -2.04. The minimum atomic E-state index is 0.742. The fourth-order valence-electron chi connectivity index (χ4n) is 2.92. The molecular weight excluding hydrogens is 298 g/mol. The Labute approximate surface area is 123 Å². The third kappa shape index (κ3) is 3.06. The lowest BCUT2D eigenvalue weighted by Gasteiger charge is -2.22. The predicted molar refractivity (Wildman–Crippen MR) is 83.2 cm³/mol. The van der Waals surface area contributed by atoms with Gasteiger partial charge in [0.2, 0.25) is 0 Å². The molecule has 1 nitrogen and oxygen atoms in total. The fourth-order valence-corrected chi connectivity index (χ4v) is 3.18. The summed E-state index contributed by atoms with van der Waals surface area (Å²) >= 11 is 3.47. The molecule has 1 aromatic heterocycles. The molecule has 1 aliphatic carbocycles.